The molecule has 0 saturated carbocycles. The molecule has 0 aliphatic rings. The van der Waals surface area contributed by atoms with Gasteiger partial charge in [-0.05, 0) is 13.3 Å². The van der Waals surface area contributed by atoms with Crippen molar-refractivity contribution in [2.75, 3.05) is 13.7 Å². The zero-order valence-corrected chi connectivity index (χ0v) is 12.1. The lowest BCUT2D eigenvalue weighted by Gasteiger charge is -2.00. The normalized spacial score (nSPS) is 8.28. The van der Waals surface area contributed by atoms with Crippen LogP contribution in [0.25, 0.3) is 0 Å². The maximum absolute atomic E-state index is 10.9. The molecule has 110 valence electrons. The Morgan fingerprint density at radius 1 is 1.00 bits per heavy atom. The number of carboxylic acids is 1. The van der Waals surface area contributed by atoms with E-state index in [1.165, 1.54) is 19.3 Å². The molecule has 0 aliphatic heterocycles. The highest BCUT2D eigenvalue weighted by Gasteiger charge is 1.99. The first-order valence-corrected chi connectivity index (χ1v) is 6.34. The Bertz CT molecular complexity index is 176. The summed E-state index contributed by atoms with van der Waals surface area (Å²) in [6.07, 6.45) is 6.52. The van der Waals surface area contributed by atoms with Crippen LogP contribution in [0.15, 0.2) is 0 Å². The van der Waals surface area contributed by atoms with E-state index >= 15 is 0 Å². The Morgan fingerprint density at radius 3 is 1.83 bits per heavy atom. The van der Waals surface area contributed by atoms with Gasteiger partial charge in [-0.2, -0.15) is 0 Å². The lowest BCUT2D eigenvalue weighted by atomic mass is 10.1. The van der Waals surface area contributed by atoms with Crippen LogP contribution in [0, 0.1) is 0 Å². The average molecular weight is 264 g/mol. The predicted molar refractivity (Wildman–Crippen MR) is 71.5 cm³/mol. The molecule has 0 atom stereocenters. The lowest BCUT2D eigenvalue weighted by Crippen LogP contribution is -2.02. The van der Waals surface area contributed by atoms with E-state index in [4.69, 9.17) is 19.7 Å². The molecule has 0 saturated heterocycles. The van der Waals surface area contributed by atoms with Crippen molar-refractivity contribution in [2.45, 2.75) is 59.3 Å². The quantitative estimate of drug-likeness (QED) is 0.545. The van der Waals surface area contributed by atoms with Crippen LogP contribution in [0.5, 0.6) is 0 Å². The Balaban J connectivity index is -0.000000317. The number of rotatable bonds is 7. The maximum atomic E-state index is 10.9. The Labute approximate surface area is 110 Å². The van der Waals surface area contributed by atoms with E-state index in [-0.39, 0.29) is 5.97 Å². The van der Waals surface area contributed by atoms with Crippen molar-refractivity contribution in [3.63, 3.8) is 0 Å². The third-order valence-corrected chi connectivity index (χ3v) is 1.79. The fourth-order valence-electron chi connectivity index (χ4n) is 1.11. The topological polar surface area (TPSA) is 83.8 Å². The Morgan fingerprint density at radius 2 is 1.44 bits per heavy atom. The van der Waals surface area contributed by atoms with E-state index in [0.29, 0.717) is 13.0 Å². The number of carboxylic acid groups (broad SMARTS) is 1. The van der Waals surface area contributed by atoms with Crippen LogP contribution in [-0.4, -0.2) is 35.9 Å². The molecule has 2 N–H and O–H groups in total. The molecule has 0 heterocycles. The first kappa shape index (κ1) is 22.1. The van der Waals surface area contributed by atoms with Crippen molar-refractivity contribution in [1.29, 1.82) is 0 Å². The van der Waals surface area contributed by atoms with Crippen LogP contribution in [0.2, 0.25) is 0 Å². The molecule has 0 rings (SSSR count). The van der Waals surface area contributed by atoms with E-state index in [9.17, 15) is 4.79 Å². The van der Waals surface area contributed by atoms with Gasteiger partial charge in [0, 0.05) is 20.5 Å². The van der Waals surface area contributed by atoms with Gasteiger partial charge in [-0.1, -0.05) is 32.6 Å². The van der Waals surface area contributed by atoms with Gasteiger partial charge in [0.2, 0.25) is 0 Å². The van der Waals surface area contributed by atoms with Crippen molar-refractivity contribution >= 4 is 11.9 Å². The molecule has 0 bridgehead atoms. The molecule has 0 radical (unpaired) electrons. The van der Waals surface area contributed by atoms with Gasteiger partial charge in [-0.25, -0.2) is 0 Å². The smallest absolute Gasteiger partial charge is 0.305 e. The highest BCUT2D eigenvalue weighted by Crippen LogP contribution is 2.05. The van der Waals surface area contributed by atoms with Crippen molar-refractivity contribution in [3.8, 4) is 0 Å². The standard InChI is InChI=1S/C10H20O2.C2H4O2.CH4O/c1-3-5-6-7-8-9-10(11)12-4-2;1-2(3)4;1-2/h3-9H2,1-2H3;1H3,(H,3,4);2H,1H3. The Hall–Kier alpha value is -1.10. The number of hydrogen-bond donors (Lipinski definition) is 2. The molecule has 0 aromatic rings. The first-order valence-electron chi connectivity index (χ1n) is 6.34. The van der Waals surface area contributed by atoms with E-state index in [0.717, 1.165) is 26.9 Å². The molecular formula is C13H28O5. The highest BCUT2D eigenvalue weighted by molar-refractivity contribution is 5.69. The lowest BCUT2D eigenvalue weighted by molar-refractivity contribution is -0.143. The number of ether oxygens (including phenoxy) is 1. The Kier molecular flexibility index (Phi) is 26.1. The fourth-order valence-corrected chi connectivity index (χ4v) is 1.11. The predicted octanol–water partition coefficient (Wildman–Crippen LogP) is 2.61. The molecule has 0 amide bonds. The fraction of sp³-hybridized carbons (Fsp3) is 0.846. The van der Waals surface area contributed by atoms with Gasteiger partial charge in [-0.15, -0.1) is 0 Å². The number of carbonyl (C=O) groups excluding carboxylic acids is 1. The number of hydrogen-bond acceptors (Lipinski definition) is 4. The molecule has 18 heavy (non-hydrogen) atoms. The molecule has 0 spiro atoms. The van der Waals surface area contributed by atoms with Gasteiger partial charge >= 0.3 is 5.97 Å². The van der Waals surface area contributed by atoms with Gasteiger partial charge in [0.25, 0.3) is 5.97 Å². The van der Waals surface area contributed by atoms with E-state index in [1.54, 1.807) is 0 Å². The summed E-state index contributed by atoms with van der Waals surface area (Å²) in [7, 11) is 1.00. The van der Waals surface area contributed by atoms with E-state index in [1.807, 2.05) is 6.92 Å². The number of carbonyl (C=O) groups is 2. The monoisotopic (exact) mass is 264 g/mol. The number of unbranched alkanes of at least 4 members (excludes halogenated alkanes) is 4. The van der Waals surface area contributed by atoms with Crippen molar-refractivity contribution in [2.24, 2.45) is 0 Å². The summed E-state index contributed by atoms with van der Waals surface area (Å²) >= 11 is 0. The summed E-state index contributed by atoms with van der Waals surface area (Å²) < 4.78 is 4.81. The molecule has 0 fully saturated rings. The summed E-state index contributed by atoms with van der Waals surface area (Å²) in [5.74, 6) is -0.881. The third-order valence-electron chi connectivity index (χ3n) is 1.79. The molecule has 0 aromatic carbocycles. The maximum Gasteiger partial charge on any atom is 0.305 e. The molecule has 5 heteroatoms. The SMILES string of the molecule is CC(=O)O.CCCCCCCC(=O)OCC.CO. The van der Waals surface area contributed by atoms with Crippen molar-refractivity contribution in [3.05, 3.63) is 0 Å². The second kappa shape index (κ2) is 21.2. The second-order valence-electron chi connectivity index (χ2n) is 3.49. The summed E-state index contributed by atoms with van der Waals surface area (Å²) in [4.78, 5) is 19.9. The zero-order chi connectivity index (χ0) is 14.8. The highest BCUT2D eigenvalue weighted by atomic mass is 16.5. The molecule has 5 nitrogen and oxygen atoms in total. The number of esters is 1. The third kappa shape index (κ3) is 36.3. The molecule has 0 unspecified atom stereocenters. The summed E-state index contributed by atoms with van der Waals surface area (Å²) in [6.45, 7) is 5.62. The van der Waals surface area contributed by atoms with Gasteiger partial charge < -0.3 is 14.9 Å². The van der Waals surface area contributed by atoms with E-state index < -0.39 is 5.97 Å². The minimum absolute atomic E-state index is 0.0472. The summed E-state index contributed by atoms with van der Waals surface area (Å²) in [5.41, 5.74) is 0. The van der Waals surface area contributed by atoms with Gasteiger partial charge in [0.1, 0.15) is 0 Å². The number of aliphatic carboxylic acids is 1. The summed E-state index contributed by atoms with van der Waals surface area (Å²) in [6, 6.07) is 0. The van der Waals surface area contributed by atoms with Crippen molar-refractivity contribution in [1.82, 2.24) is 0 Å². The average Bonchev–Trinajstić information content (AvgIpc) is 2.31. The molecular weight excluding hydrogens is 236 g/mol. The van der Waals surface area contributed by atoms with Crippen LogP contribution < -0.4 is 0 Å². The van der Waals surface area contributed by atoms with Gasteiger partial charge in [0.05, 0.1) is 6.61 Å². The van der Waals surface area contributed by atoms with Crippen LogP contribution >= 0.6 is 0 Å². The van der Waals surface area contributed by atoms with Gasteiger partial charge in [-0.3, -0.25) is 9.59 Å². The van der Waals surface area contributed by atoms with Crippen LogP contribution in [-0.2, 0) is 14.3 Å². The van der Waals surface area contributed by atoms with Crippen molar-refractivity contribution < 1.29 is 24.5 Å². The first-order chi connectivity index (χ1) is 8.54. The molecule has 0 aliphatic carbocycles. The van der Waals surface area contributed by atoms with Crippen LogP contribution in [0.3, 0.4) is 0 Å². The van der Waals surface area contributed by atoms with E-state index in [2.05, 4.69) is 6.92 Å². The largest absolute Gasteiger partial charge is 0.481 e. The number of aliphatic hydroxyl groups is 1. The molecule has 0 aromatic heterocycles. The zero-order valence-electron chi connectivity index (χ0n) is 12.1. The number of aliphatic hydroxyl groups excluding tert-OH is 1. The second-order valence-corrected chi connectivity index (χ2v) is 3.49. The van der Waals surface area contributed by atoms with Crippen LogP contribution in [0.4, 0.5) is 0 Å². The summed E-state index contributed by atoms with van der Waals surface area (Å²) in [5, 5.41) is 14.4. The minimum Gasteiger partial charge on any atom is -0.481 e. The minimum atomic E-state index is -0.833. The van der Waals surface area contributed by atoms with Gasteiger partial charge in [0.15, 0.2) is 0 Å². The van der Waals surface area contributed by atoms with Crippen LogP contribution in [0.1, 0.15) is 59.3 Å².